The fourth-order valence-electron chi connectivity index (χ4n) is 2.72. The van der Waals surface area contributed by atoms with Crippen LogP contribution in [0.5, 0.6) is 0 Å². The summed E-state index contributed by atoms with van der Waals surface area (Å²) in [6, 6.07) is 17.7. The van der Waals surface area contributed by atoms with Crippen molar-refractivity contribution >= 4 is 16.1 Å². The van der Waals surface area contributed by atoms with Crippen molar-refractivity contribution in [2.45, 2.75) is 16.1 Å². The number of aldehydes is 1. The van der Waals surface area contributed by atoms with Crippen LogP contribution in [-0.4, -0.2) is 20.0 Å². The van der Waals surface area contributed by atoms with E-state index in [1.807, 2.05) is 30.3 Å². The van der Waals surface area contributed by atoms with Crippen LogP contribution in [-0.2, 0) is 14.6 Å². The first-order valence-electron chi connectivity index (χ1n) is 6.45. The van der Waals surface area contributed by atoms with Gasteiger partial charge in [0.25, 0.3) is 0 Å². The SMILES string of the molecule is O=CC1C(c2ccccc2)C1S(=O)(=O)c1ccccc1. The van der Waals surface area contributed by atoms with Gasteiger partial charge in [-0.05, 0) is 17.7 Å². The molecule has 2 aromatic rings. The van der Waals surface area contributed by atoms with Crippen molar-refractivity contribution in [1.29, 1.82) is 0 Å². The van der Waals surface area contributed by atoms with Crippen LogP contribution in [0, 0.1) is 5.92 Å². The van der Waals surface area contributed by atoms with Crippen LogP contribution >= 0.6 is 0 Å². The molecule has 0 aliphatic heterocycles. The van der Waals surface area contributed by atoms with E-state index in [1.165, 1.54) is 0 Å². The fourth-order valence-corrected chi connectivity index (χ4v) is 4.85. The average molecular weight is 286 g/mol. The number of hydrogen-bond donors (Lipinski definition) is 0. The Hall–Kier alpha value is -1.94. The van der Waals surface area contributed by atoms with Crippen LogP contribution in [0.1, 0.15) is 11.5 Å². The molecule has 0 radical (unpaired) electrons. The van der Waals surface area contributed by atoms with Gasteiger partial charge in [-0.3, -0.25) is 0 Å². The third kappa shape index (κ3) is 2.06. The van der Waals surface area contributed by atoms with Gasteiger partial charge < -0.3 is 4.79 Å². The van der Waals surface area contributed by atoms with Gasteiger partial charge in [0.2, 0.25) is 0 Å². The number of hydrogen-bond acceptors (Lipinski definition) is 3. The van der Waals surface area contributed by atoms with Crippen molar-refractivity contribution in [3.63, 3.8) is 0 Å². The smallest absolute Gasteiger partial charge is 0.182 e. The molecule has 2 aromatic carbocycles. The number of benzene rings is 2. The van der Waals surface area contributed by atoms with Crippen molar-refractivity contribution in [3.05, 3.63) is 66.2 Å². The molecule has 20 heavy (non-hydrogen) atoms. The minimum Gasteiger partial charge on any atom is -0.303 e. The molecule has 1 fully saturated rings. The quantitative estimate of drug-likeness (QED) is 0.811. The van der Waals surface area contributed by atoms with Gasteiger partial charge in [0.05, 0.1) is 10.1 Å². The molecule has 3 rings (SSSR count). The maximum Gasteiger partial charge on any atom is 0.182 e. The molecule has 1 aliphatic carbocycles. The largest absolute Gasteiger partial charge is 0.303 e. The van der Waals surface area contributed by atoms with Crippen LogP contribution in [0.4, 0.5) is 0 Å². The minimum atomic E-state index is -3.46. The Morgan fingerprint density at radius 1 is 0.850 bits per heavy atom. The van der Waals surface area contributed by atoms with Crippen molar-refractivity contribution in [1.82, 2.24) is 0 Å². The summed E-state index contributed by atoms with van der Waals surface area (Å²) in [5, 5.41) is -0.634. The van der Waals surface area contributed by atoms with Crippen LogP contribution < -0.4 is 0 Å². The Balaban J connectivity index is 1.97. The zero-order chi connectivity index (χ0) is 14.2. The first-order valence-corrected chi connectivity index (χ1v) is 8.00. The first-order chi connectivity index (χ1) is 9.66. The lowest BCUT2D eigenvalue weighted by Gasteiger charge is -2.03. The van der Waals surface area contributed by atoms with Gasteiger partial charge in [-0.25, -0.2) is 8.42 Å². The van der Waals surface area contributed by atoms with E-state index in [1.54, 1.807) is 30.3 Å². The highest BCUT2D eigenvalue weighted by molar-refractivity contribution is 7.92. The number of carbonyl (C=O) groups excluding carboxylic acids is 1. The standard InChI is InChI=1S/C16H14O3S/c17-11-14-15(12-7-3-1-4-8-12)16(14)20(18,19)13-9-5-2-6-10-13/h1-11,14-16H. The molecule has 3 atom stereocenters. The van der Waals surface area contributed by atoms with E-state index in [0.717, 1.165) is 11.8 Å². The highest BCUT2D eigenvalue weighted by atomic mass is 32.2. The molecule has 0 saturated heterocycles. The Bertz CT molecular complexity index is 708. The lowest BCUT2D eigenvalue weighted by molar-refractivity contribution is -0.108. The van der Waals surface area contributed by atoms with Crippen LogP contribution in [0.3, 0.4) is 0 Å². The number of sulfone groups is 1. The maximum atomic E-state index is 12.6. The summed E-state index contributed by atoms with van der Waals surface area (Å²) in [7, 11) is -3.46. The zero-order valence-electron chi connectivity index (χ0n) is 10.7. The lowest BCUT2D eigenvalue weighted by Crippen LogP contribution is -2.10. The van der Waals surface area contributed by atoms with E-state index in [9.17, 15) is 13.2 Å². The van der Waals surface area contributed by atoms with E-state index in [-0.39, 0.29) is 10.8 Å². The topological polar surface area (TPSA) is 51.2 Å². The normalized spacial score (nSPS) is 25.1. The third-order valence-electron chi connectivity index (χ3n) is 3.78. The molecule has 1 aliphatic rings. The zero-order valence-corrected chi connectivity index (χ0v) is 11.5. The molecule has 0 heterocycles. The Morgan fingerprint density at radius 3 is 1.95 bits per heavy atom. The van der Waals surface area contributed by atoms with E-state index in [2.05, 4.69) is 0 Å². The van der Waals surface area contributed by atoms with Gasteiger partial charge in [-0.2, -0.15) is 0 Å². The molecule has 102 valence electrons. The monoisotopic (exact) mass is 286 g/mol. The Labute approximate surface area is 118 Å². The molecule has 0 N–H and O–H groups in total. The van der Waals surface area contributed by atoms with Gasteiger partial charge in [-0.15, -0.1) is 0 Å². The van der Waals surface area contributed by atoms with Crippen LogP contribution in [0.2, 0.25) is 0 Å². The second-order valence-corrected chi connectivity index (χ2v) is 7.08. The first kappa shape index (κ1) is 13.1. The Morgan fingerprint density at radius 2 is 1.40 bits per heavy atom. The van der Waals surface area contributed by atoms with Gasteiger partial charge in [0.1, 0.15) is 6.29 Å². The third-order valence-corrected chi connectivity index (χ3v) is 6.03. The molecule has 0 bridgehead atoms. The fraction of sp³-hybridized carbons (Fsp3) is 0.188. The predicted octanol–water partition coefficient (Wildman–Crippen LogP) is 2.44. The van der Waals surface area contributed by atoms with Crippen molar-refractivity contribution in [3.8, 4) is 0 Å². The molecule has 4 heteroatoms. The van der Waals surface area contributed by atoms with Gasteiger partial charge in [0, 0.05) is 11.8 Å². The van der Waals surface area contributed by atoms with Crippen molar-refractivity contribution < 1.29 is 13.2 Å². The van der Waals surface area contributed by atoms with Crippen LogP contribution in [0.25, 0.3) is 0 Å². The highest BCUT2D eigenvalue weighted by Gasteiger charge is 2.58. The van der Waals surface area contributed by atoms with Gasteiger partial charge in [0.15, 0.2) is 9.84 Å². The number of rotatable bonds is 4. The summed E-state index contributed by atoms with van der Waals surface area (Å²) in [5.74, 6) is -0.665. The van der Waals surface area contributed by atoms with Gasteiger partial charge >= 0.3 is 0 Å². The van der Waals surface area contributed by atoms with E-state index >= 15 is 0 Å². The molecule has 3 unspecified atom stereocenters. The molecule has 0 spiro atoms. The summed E-state index contributed by atoms with van der Waals surface area (Å²) < 4.78 is 25.2. The molecule has 1 saturated carbocycles. The maximum absolute atomic E-state index is 12.6. The molecule has 0 amide bonds. The Kier molecular flexibility index (Phi) is 3.18. The average Bonchev–Trinajstić information content (AvgIpc) is 3.24. The summed E-state index contributed by atoms with van der Waals surface area (Å²) in [5.41, 5.74) is 0.911. The van der Waals surface area contributed by atoms with Crippen LogP contribution in [0.15, 0.2) is 65.6 Å². The van der Waals surface area contributed by atoms with Gasteiger partial charge in [-0.1, -0.05) is 48.5 Å². The molecule has 3 nitrogen and oxygen atoms in total. The van der Waals surface area contributed by atoms with Crippen molar-refractivity contribution in [2.75, 3.05) is 0 Å². The van der Waals surface area contributed by atoms with E-state index in [4.69, 9.17) is 0 Å². The summed E-state index contributed by atoms with van der Waals surface area (Å²) in [6.07, 6.45) is 0.767. The lowest BCUT2D eigenvalue weighted by atomic mass is 10.1. The molecule has 0 aromatic heterocycles. The van der Waals surface area contributed by atoms with Crippen molar-refractivity contribution in [2.24, 2.45) is 5.92 Å². The molecular weight excluding hydrogens is 272 g/mol. The second kappa shape index (κ2) is 4.87. The minimum absolute atomic E-state index is 0.223. The summed E-state index contributed by atoms with van der Waals surface area (Å²) in [6.45, 7) is 0. The summed E-state index contributed by atoms with van der Waals surface area (Å²) in [4.78, 5) is 11.5. The highest BCUT2D eigenvalue weighted by Crippen LogP contribution is 2.52. The number of carbonyl (C=O) groups is 1. The van der Waals surface area contributed by atoms with E-state index < -0.39 is 21.0 Å². The second-order valence-electron chi connectivity index (χ2n) is 4.97. The van der Waals surface area contributed by atoms with E-state index in [0.29, 0.717) is 0 Å². The molecular formula is C16H14O3S. The predicted molar refractivity (Wildman–Crippen MR) is 76.2 cm³/mol. The summed E-state index contributed by atoms with van der Waals surface area (Å²) >= 11 is 0.